The minimum atomic E-state index is -0.616. The highest BCUT2D eigenvalue weighted by Gasteiger charge is 2.38. The standard InChI is InChI=1S/C20H23N5O3S/c1-20(2,3)28-19(27)25-7-5-6-16(25)17(26)24(4)18-23-15(12-29-18)14-8-13(9-21)10-22-11-14/h8,10-12,16H,5-7H2,1-4H3. The van der Waals surface area contributed by atoms with E-state index in [9.17, 15) is 9.59 Å². The molecule has 1 atom stereocenters. The lowest BCUT2D eigenvalue weighted by Crippen LogP contribution is -2.48. The molecule has 2 aromatic heterocycles. The fourth-order valence-corrected chi connectivity index (χ4v) is 3.88. The van der Waals surface area contributed by atoms with Gasteiger partial charge >= 0.3 is 6.09 Å². The normalized spacial score (nSPS) is 16.4. The lowest BCUT2D eigenvalue weighted by atomic mass is 10.2. The zero-order valence-electron chi connectivity index (χ0n) is 16.9. The number of likely N-dealkylation sites (tertiary alicyclic amines) is 1. The van der Waals surface area contributed by atoms with Gasteiger partial charge in [-0.3, -0.25) is 19.6 Å². The molecule has 1 aliphatic heterocycles. The number of thiazole rings is 1. The molecule has 0 saturated carbocycles. The van der Waals surface area contributed by atoms with Crippen molar-refractivity contribution in [2.24, 2.45) is 0 Å². The van der Waals surface area contributed by atoms with Crippen LogP contribution in [0.5, 0.6) is 0 Å². The van der Waals surface area contributed by atoms with Crippen LogP contribution in [0.25, 0.3) is 11.3 Å². The van der Waals surface area contributed by atoms with Crippen LogP contribution in [-0.2, 0) is 9.53 Å². The van der Waals surface area contributed by atoms with Gasteiger partial charge in [-0.15, -0.1) is 11.3 Å². The van der Waals surface area contributed by atoms with Crippen LogP contribution in [0.1, 0.15) is 39.2 Å². The van der Waals surface area contributed by atoms with Crippen LogP contribution >= 0.6 is 11.3 Å². The molecule has 0 aliphatic carbocycles. The maximum atomic E-state index is 13.1. The summed E-state index contributed by atoms with van der Waals surface area (Å²) in [6, 6.07) is 3.19. The molecule has 29 heavy (non-hydrogen) atoms. The highest BCUT2D eigenvalue weighted by Crippen LogP contribution is 2.29. The summed E-state index contributed by atoms with van der Waals surface area (Å²) in [5.41, 5.74) is 1.18. The Balaban J connectivity index is 1.75. The van der Waals surface area contributed by atoms with Crippen molar-refractivity contribution < 1.29 is 14.3 Å². The summed E-state index contributed by atoms with van der Waals surface area (Å²) in [7, 11) is 1.65. The summed E-state index contributed by atoms with van der Waals surface area (Å²) in [4.78, 5) is 37.1. The number of carbonyl (C=O) groups is 2. The number of ether oxygens (including phenoxy) is 1. The molecule has 1 aliphatic rings. The highest BCUT2D eigenvalue weighted by atomic mass is 32.1. The maximum Gasteiger partial charge on any atom is 0.410 e. The number of hydrogen-bond acceptors (Lipinski definition) is 7. The summed E-state index contributed by atoms with van der Waals surface area (Å²) >= 11 is 1.32. The number of amides is 2. The zero-order chi connectivity index (χ0) is 21.2. The number of carbonyl (C=O) groups excluding carboxylic acids is 2. The number of hydrogen-bond donors (Lipinski definition) is 0. The van der Waals surface area contributed by atoms with Crippen LogP contribution < -0.4 is 4.90 Å². The minimum Gasteiger partial charge on any atom is -0.444 e. The fraction of sp³-hybridized carbons (Fsp3) is 0.450. The summed E-state index contributed by atoms with van der Waals surface area (Å²) in [5, 5.41) is 11.4. The predicted molar refractivity (Wildman–Crippen MR) is 109 cm³/mol. The van der Waals surface area contributed by atoms with E-state index in [1.54, 1.807) is 40.1 Å². The van der Waals surface area contributed by atoms with Gasteiger partial charge in [0, 0.05) is 36.9 Å². The Hall–Kier alpha value is -2.99. The molecule has 0 aromatic carbocycles. The average molecular weight is 414 g/mol. The third-order valence-electron chi connectivity index (χ3n) is 4.44. The van der Waals surface area contributed by atoms with Crippen LogP contribution in [0.2, 0.25) is 0 Å². The number of nitrogens with zero attached hydrogens (tertiary/aromatic N) is 5. The van der Waals surface area contributed by atoms with E-state index in [4.69, 9.17) is 10.00 Å². The molecule has 1 saturated heterocycles. The molecule has 8 nitrogen and oxygen atoms in total. The number of aromatic nitrogens is 2. The smallest absolute Gasteiger partial charge is 0.410 e. The van der Waals surface area contributed by atoms with E-state index in [-0.39, 0.29) is 5.91 Å². The molecule has 2 aromatic rings. The number of anilines is 1. The third-order valence-corrected chi connectivity index (χ3v) is 5.36. The molecule has 3 rings (SSSR count). The van der Waals surface area contributed by atoms with Crippen molar-refractivity contribution in [1.82, 2.24) is 14.9 Å². The van der Waals surface area contributed by atoms with Gasteiger partial charge in [0.15, 0.2) is 5.13 Å². The molecule has 152 valence electrons. The first kappa shape index (κ1) is 20.7. The van der Waals surface area contributed by atoms with Gasteiger partial charge in [0.2, 0.25) is 0 Å². The Morgan fingerprint density at radius 1 is 1.38 bits per heavy atom. The molecule has 1 unspecified atom stereocenters. The first-order valence-electron chi connectivity index (χ1n) is 9.28. The van der Waals surface area contributed by atoms with Gasteiger partial charge in [0.25, 0.3) is 5.91 Å². The summed E-state index contributed by atoms with van der Waals surface area (Å²) in [6.45, 7) is 5.90. The molecular weight excluding hydrogens is 390 g/mol. The van der Waals surface area contributed by atoms with Crippen LogP contribution in [0.3, 0.4) is 0 Å². The van der Waals surface area contributed by atoms with Crippen molar-refractivity contribution in [1.29, 1.82) is 5.26 Å². The number of pyridine rings is 1. The highest BCUT2D eigenvalue weighted by molar-refractivity contribution is 7.14. The SMILES string of the molecule is CN(C(=O)C1CCCN1C(=O)OC(C)(C)C)c1nc(-c2cncc(C#N)c2)cs1. The second kappa shape index (κ2) is 8.17. The molecule has 0 radical (unpaired) electrons. The number of likely N-dealkylation sites (N-methyl/N-ethyl adjacent to an activating group) is 1. The molecule has 3 heterocycles. The molecule has 9 heteroatoms. The Morgan fingerprint density at radius 3 is 2.83 bits per heavy atom. The monoisotopic (exact) mass is 413 g/mol. The van der Waals surface area contributed by atoms with Crippen molar-refractivity contribution in [2.45, 2.75) is 45.3 Å². The number of rotatable bonds is 3. The lowest BCUT2D eigenvalue weighted by Gasteiger charge is -2.29. The van der Waals surface area contributed by atoms with Crippen molar-refractivity contribution in [3.05, 3.63) is 29.4 Å². The van der Waals surface area contributed by atoms with E-state index in [0.717, 1.165) is 6.42 Å². The summed E-state index contributed by atoms with van der Waals surface area (Å²) in [6.07, 6.45) is 3.98. The van der Waals surface area contributed by atoms with Crippen LogP contribution in [0, 0.1) is 11.3 Å². The van der Waals surface area contributed by atoms with Crippen molar-refractivity contribution in [3.8, 4) is 17.3 Å². The van der Waals surface area contributed by atoms with Gasteiger partial charge in [-0.25, -0.2) is 9.78 Å². The Morgan fingerprint density at radius 2 is 2.14 bits per heavy atom. The van der Waals surface area contributed by atoms with E-state index in [2.05, 4.69) is 16.0 Å². The van der Waals surface area contributed by atoms with Gasteiger partial charge < -0.3 is 4.74 Å². The van der Waals surface area contributed by atoms with Crippen LogP contribution in [-0.4, -0.2) is 52.1 Å². The minimum absolute atomic E-state index is 0.196. The Labute approximate surface area is 173 Å². The molecular formula is C20H23N5O3S. The van der Waals surface area contributed by atoms with Crippen LogP contribution in [0.4, 0.5) is 9.93 Å². The Kier molecular flexibility index (Phi) is 5.84. The predicted octanol–water partition coefficient (Wildman–Crippen LogP) is 3.44. The first-order valence-corrected chi connectivity index (χ1v) is 10.2. The zero-order valence-corrected chi connectivity index (χ0v) is 17.7. The van der Waals surface area contributed by atoms with Crippen LogP contribution in [0.15, 0.2) is 23.8 Å². The average Bonchev–Trinajstić information content (AvgIpc) is 3.35. The van der Waals surface area contributed by atoms with E-state index in [1.807, 2.05) is 5.38 Å². The first-order chi connectivity index (χ1) is 13.7. The number of nitriles is 1. The fourth-order valence-electron chi connectivity index (χ4n) is 3.07. The van der Waals surface area contributed by atoms with E-state index in [0.29, 0.717) is 34.9 Å². The van der Waals surface area contributed by atoms with E-state index in [1.165, 1.54) is 27.3 Å². The molecule has 0 N–H and O–H groups in total. The Bertz CT molecular complexity index is 960. The maximum absolute atomic E-state index is 13.1. The van der Waals surface area contributed by atoms with Crippen molar-refractivity contribution >= 4 is 28.5 Å². The van der Waals surface area contributed by atoms with Gasteiger partial charge in [-0.1, -0.05) is 0 Å². The lowest BCUT2D eigenvalue weighted by molar-refractivity contribution is -0.122. The van der Waals surface area contributed by atoms with Gasteiger partial charge in [0.1, 0.15) is 17.7 Å². The van der Waals surface area contributed by atoms with E-state index < -0.39 is 17.7 Å². The molecule has 2 amide bonds. The second-order valence-electron chi connectivity index (χ2n) is 7.82. The quantitative estimate of drug-likeness (QED) is 0.764. The van der Waals surface area contributed by atoms with Gasteiger partial charge in [-0.2, -0.15) is 5.26 Å². The molecule has 0 spiro atoms. The largest absolute Gasteiger partial charge is 0.444 e. The molecule has 1 fully saturated rings. The van der Waals surface area contributed by atoms with E-state index >= 15 is 0 Å². The van der Waals surface area contributed by atoms with Crippen molar-refractivity contribution in [2.75, 3.05) is 18.5 Å². The molecule has 0 bridgehead atoms. The van der Waals surface area contributed by atoms with Gasteiger partial charge in [0.05, 0.1) is 11.3 Å². The third kappa shape index (κ3) is 4.71. The van der Waals surface area contributed by atoms with Crippen molar-refractivity contribution in [3.63, 3.8) is 0 Å². The topological polar surface area (TPSA) is 99.4 Å². The summed E-state index contributed by atoms with van der Waals surface area (Å²) in [5.74, 6) is -0.196. The second-order valence-corrected chi connectivity index (χ2v) is 8.65. The van der Waals surface area contributed by atoms with Gasteiger partial charge in [-0.05, 0) is 39.7 Å². The summed E-state index contributed by atoms with van der Waals surface area (Å²) < 4.78 is 5.44.